The van der Waals surface area contributed by atoms with E-state index in [2.05, 4.69) is 48.6 Å². The van der Waals surface area contributed by atoms with Crippen LogP contribution in [0, 0.1) is 0 Å². The van der Waals surface area contributed by atoms with Crippen molar-refractivity contribution in [2.24, 2.45) is 0 Å². The lowest BCUT2D eigenvalue weighted by Crippen LogP contribution is -2.50. The van der Waals surface area contributed by atoms with Gasteiger partial charge in [0.05, 0.1) is 25.4 Å². The Morgan fingerprint density at radius 2 is 1.81 bits per heavy atom. The summed E-state index contributed by atoms with van der Waals surface area (Å²) in [6, 6.07) is 18.5. The Labute approximate surface area is 125 Å². The second-order valence-electron chi connectivity index (χ2n) is 5.65. The third-order valence-electron chi connectivity index (χ3n) is 4.15. The molecule has 2 atom stereocenters. The number of hydrogen-bond donors (Lipinski definition) is 1. The first kappa shape index (κ1) is 14.1. The third-order valence-corrected chi connectivity index (χ3v) is 4.15. The van der Waals surface area contributed by atoms with Gasteiger partial charge in [0.2, 0.25) is 0 Å². The van der Waals surface area contributed by atoms with Gasteiger partial charge in [-0.3, -0.25) is 0 Å². The molecule has 3 nitrogen and oxygen atoms in total. The Hall–Kier alpha value is -1.84. The molecule has 1 heterocycles. The van der Waals surface area contributed by atoms with Gasteiger partial charge in [-0.15, -0.1) is 0 Å². The van der Waals surface area contributed by atoms with Crippen LogP contribution in [0.3, 0.4) is 0 Å². The molecule has 2 aromatic rings. The molecule has 0 spiro atoms. The van der Waals surface area contributed by atoms with Crippen molar-refractivity contribution in [1.82, 2.24) is 5.32 Å². The number of nitrogens with one attached hydrogen (secondary N) is 1. The number of benzene rings is 2. The van der Waals surface area contributed by atoms with Crippen LogP contribution < -0.4 is 10.1 Å². The molecule has 1 aliphatic heterocycles. The molecule has 21 heavy (non-hydrogen) atoms. The quantitative estimate of drug-likeness (QED) is 0.938. The molecule has 0 aliphatic carbocycles. The second kappa shape index (κ2) is 5.88. The summed E-state index contributed by atoms with van der Waals surface area (Å²) in [5, 5.41) is 3.63. The van der Waals surface area contributed by atoms with Gasteiger partial charge in [-0.2, -0.15) is 0 Å². The van der Waals surface area contributed by atoms with Crippen molar-refractivity contribution in [3.63, 3.8) is 0 Å². The minimum Gasteiger partial charge on any atom is -0.497 e. The van der Waals surface area contributed by atoms with Crippen molar-refractivity contribution in [3.05, 3.63) is 65.7 Å². The van der Waals surface area contributed by atoms with Crippen molar-refractivity contribution in [2.75, 3.05) is 20.3 Å². The molecule has 3 heteroatoms. The van der Waals surface area contributed by atoms with Crippen LogP contribution in [0.4, 0.5) is 0 Å². The van der Waals surface area contributed by atoms with E-state index < -0.39 is 0 Å². The van der Waals surface area contributed by atoms with E-state index in [1.165, 1.54) is 11.1 Å². The van der Waals surface area contributed by atoms with E-state index in [1.54, 1.807) is 7.11 Å². The molecule has 1 N–H and O–H groups in total. The number of morpholine rings is 1. The molecule has 0 aromatic heterocycles. The smallest absolute Gasteiger partial charge is 0.118 e. The summed E-state index contributed by atoms with van der Waals surface area (Å²) in [7, 11) is 1.68. The van der Waals surface area contributed by atoms with Crippen molar-refractivity contribution < 1.29 is 9.47 Å². The molecule has 2 unspecified atom stereocenters. The summed E-state index contributed by atoms with van der Waals surface area (Å²) in [4.78, 5) is 0. The Kier molecular flexibility index (Phi) is 3.95. The topological polar surface area (TPSA) is 30.5 Å². The second-order valence-corrected chi connectivity index (χ2v) is 5.65. The van der Waals surface area contributed by atoms with Gasteiger partial charge in [0, 0.05) is 6.54 Å². The van der Waals surface area contributed by atoms with E-state index in [0.29, 0.717) is 6.61 Å². The van der Waals surface area contributed by atoms with Gasteiger partial charge in [-0.25, -0.2) is 0 Å². The molecule has 0 radical (unpaired) electrons. The fourth-order valence-corrected chi connectivity index (χ4v) is 2.72. The van der Waals surface area contributed by atoms with Gasteiger partial charge in [0.1, 0.15) is 5.75 Å². The Bertz CT molecular complexity index is 572. The zero-order chi connectivity index (χ0) is 14.7. The van der Waals surface area contributed by atoms with Gasteiger partial charge >= 0.3 is 0 Å². The minimum absolute atomic E-state index is 0.0905. The maximum atomic E-state index is 6.10. The highest BCUT2D eigenvalue weighted by Gasteiger charge is 2.33. The first-order valence-corrected chi connectivity index (χ1v) is 7.27. The van der Waals surface area contributed by atoms with Gasteiger partial charge < -0.3 is 14.8 Å². The van der Waals surface area contributed by atoms with E-state index in [-0.39, 0.29) is 11.6 Å². The highest BCUT2D eigenvalue weighted by Crippen LogP contribution is 2.30. The van der Waals surface area contributed by atoms with E-state index in [0.717, 1.165) is 12.3 Å². The van der Waals surface area contributed by atoms with Crippen LogP contribution in [-0.2, 0) is 10.3 Å². The summed E-state index contributed by atoms with van der Waals surface area (Å²) >= 11 is 0. The number of ether oxygens (including phenoxy) is 2. The molecule has 0 saturated carbocycles. The maximum absolute atomic E-state index is 6.10. The summed E-state index contributed by atoms with van der Waals surface area (Å²) in [6.45, 7) is 3.65. The molecule has 0 bridgehead atoms. The Morgan fingerprint density at radius 1 is 1.10 bits per heavy atom. The summed E-state index contributed by atoms with van der Waals surface area (Å²) in [5.74, 6) is 0.872. The van der Waals surface area contributed by atoms with Crippen LogP contribution >= 0.6 is 0 Å². The van der Waals surface area contributed by atoms with E-state index >= 15 is 0 Å². The van der Waals surface area contributed by atoms with Crippen LogP contribution in [0.15, 0.2) is 54.6 Å². The van der Waals surface area contributed by atoms with Gasteiger partial charge in [-0.05, 0) is 30.2 Å². The monoisotopic (exact) mass is 283 g/mol. The lowest BCUT2D eigenvalue weighted by atomic mass is 9.90. The molecule has 1 aliphatic rings. The molecule has 3 rings (SSSR count). The van der Waals surface area contributed by atoms with Crippen LogP contribution in [-0.4, -0.2) is 20.3 Å². The minimum atomic E-state index is -0.121. The molecule has 2 aromatic carbocycles. The van der Waals surface area contributed by atoms with E-state index in [1.807, 2.05) is 18.2 Å². The normalized spacial score (nSPS) is 25.5. The highest BCUT2D eigenvalue weighted by molar-refractivity contribution is 5.30. The number of methoxy groups -OCH3 is 1. The van der Waals surface area contributed by atoms with Crippen molar-refractivity contribution in [2.45, 2.75) is 18.6 Å². The van der Waals surface area contributed by atoms with Gasteiger partial charge in [-0.1, -0.05) is 42.5 Å². The van der Waals surface area contributed by atoms with Crippen molar-refractivity contribution in [1.29, 1.82) is 0 Å². The van der Waals surface area contributed by atoms with Gasteiger partial charge in [0.25, 0.3) is 0 Å². The zero-order valence-electron chi connectivity index (χ0n) is 12.5. The molecule has 1 saturated heterocycles. The third kappa shape index (κ3) is 2.94. The maximum Gasteiger partial charge on any atom is 0.118 e. The van der Waals surface area contributed by atoms with Crippen LogP contribution in [0.25, 0.3) is 0 Å². The lowest BCUT2D eigenvalue weighted by molar-refractivity contribution is -0.0307. The predicted octanol–water partition coefficient (Wildman–Crippen LogP) is 3.27. The molecular formula is C18H21NO2. The van der Waals surface area contributed by atoms with Crippen LogP contribution in [0.1, 0.15) is 24.2 Å². The standard InChI is InChI=1S/C18H21NO2/c1-18(15-6-4-3-5-7-15)13-21-17(12-19-18)14-8-10-16(20-2)11-9-14/h3-11,17,19H,12-13H2,1-2H3. The largest absolute Gasteiger partial charge is 0.497 e. The van der Waals surface area contributed by atoms with Gasteiger partial charge in [0.15, 0.2) is 0 Å². The summed E-state index contributed by atoms with van der Waals surface area (Å²) in [5.41, 5.74) is 2.32. The zero-order valence-corrected chi connectivity index (χ0v) is 12.5. The van der Waals surface area contributed by atoms with Crippen LogP contribution in [0.2, 0.25) is 0 Å². The highest BCUT2D eigenvalue weighted by atomic mass is 16.5. The van der Waals surface area contributed by atoms with Crippen molar-refractivity contribution in [3.8, 4) is 5.75 Å². The summed E-state index contributed by atoms with van der Waals surface area (Å²) in [6.07, 6.45) is 0.0905. The average Bonchev–Trinajstić information content (AvgIpc) is 2.57. The van der Waals surface area contributed by atoms with E-state index in [9.17, 15) is 0 Å². The van der Waals surface area contributed by atoms with Crippen LogP contribution in [0.5, 0.6) is 5.75 Å². The lowest BCUT2D eigenvalue weighted by Gasteiger charge is -2.39. The fraction of sp³-hybridized carbons (Fsp3) is 0.333. The molecule has 1 fully saturated rings. The Morgan fingerprint density at radius 3 is 2.38 bits per heavy atom. The first-order chi connectivity index (χ1) is 10.2. The molecule has 110 valence electrons. The van der Waals surface area contributed by atoms with E-state index in [4.69, 9.17) is 9.47 Å². The molecular weight excluding hydrogens is 262 g/mol. The summed E-state index contributed by atoms with van der Waals surface area (Å²) < 4.78 is 11.3. The Balaban J connectivity index is 1.69. The SMILES string of the molecule is COc1ccc(C2CNC(C)(c3ccccc3)CO2)cc1. The molecule has 0 amide bonds. The fourth-order valence-electron chi connectivity index (χ4n) is 2.72. The first-order valence-electron chi connectivity index (χ1n) is 7.27. The number of rotatable bonds is 3. The number of hydrogen-bond acceptors (Lipinski definition) is 3. The average molecular weight is 283 g/mol. The van der Waals surface area contributed by atoms with Crippen molar-refractivity contribution >= 4 is 0 Å². The predicted molar refractivity (Wildman–Crippen MR) is 83.5 cm³/mol.